The highest BCUT2D eigenvalue weighted by atomic mass is 16.7. The largest absolute Gasteiger partial charge is 0.458 e. The normalized spacial score (nSPS) is 50.9. The number of cyclic esters (lactones) is 1. The highest BCUT2D eigenvalue weighted by molar-refractivity contribution is 5.98. The van der Waals surface area contributed by atoms with Gasteiger partial charge in [0.2, 0.25) is 0 Å². The van der Waals surface area contributed by atoms with Gasteiger partial charge in [0.15, 0.2) is 11.9 Å². The third-order valence-electron chi connectivity index (χ3n) is 12.1. The number of allylic oxidation sites excluding steroid dienone is 1. The number of rotatable bonds is 3. The lowest BCUT2D eigenvalue weighted by Crippen LogP contribution is -2.65. The standard InChI is InChI=1S/C30H40O7/c1-15-13-22(36-26(33)16(15)2)17(3)29(34)12-10-20-19-14-25-30(37-25)24(35-18(4)31)8-7-23(32)28(30,6)21(19)9-11-27(20,29)5/h7-8,17,19-22,24-25,34H,9-14H2,1-6H3. The quantitative estimate of drug-likeness (QED) is 0.449. The number of aliphatic hydroxyl groups is 1. The lowest BCUT2D eigenvalue weighted by molar-refractivity contribution is -0.190. The van der Waals surface area contributed by atoms with Gasteiger partial charge < -0.3 is 19.3 Å². The van der Waals surface area contributed by atoms with Gasteiger partial charge in [0.1, 0.15) is 11.7 Å². The highest BCUT2D eigenvalue weighted by Gasteiger charge is 2.81. The first-order chi connectivity index (χ1) is 17.3. The molecule has 37 heavy (non-hydrogen) atoms. The Bertz CT molecular complexity index is 1140. The van der Waals surface area contributed by atoms with Crippen LogP contribution in [0.1, 0.15) is 80.1 Å². The van der Waals surface area contributed by atoms with Gasteiger partial charge in [0.05, 0.1) is 17.1 Å². The Morgan fingerprint density at radius 2 is 1.86 bits per heavy atom. The van der Waals surface area contributed by atoms with Crippen molar-refractivity contribution >= 4 is 17.7 Å². The first-order valence-corrected chi connectivity index (χ1v) is 14.0. The smallest absolute Gasteiger partial charge is 0.333 e. The second-order valence-corrected chi connectivity index (χ2v) is 13.2. The third-order valence-corrected chi connectivity index (χ3v) is 12.1. The molecule has 4 aliphatic carbocycles. The van der Waals surface area contributed by atoms with Crippen molar-refractivity contribution in [2.75, 3.05) is 0 Å². The predicted octanol–water partition coefficient (Wildman–Crippen LogP) is 4.07. The molecule has 0 amide bonds. The summed E-state index contributed by atoms with van der Waals surface area (Å²) in [6.45, 7) is 11.5. The summed E-state index contributed by atoms with van der Waals surface area (Å²) in [5.74, 6) is -0.219. The third kappa shape index (κ3) is 2.99. The van der Waals surface area contributed by atoms with E-state index in [0.29, 0.717) is 18.4 Å². The number of ketones is 1. The fourth-order valence-electron chi connectivity index (χ4n) is 9.75. The second kappa shape index (κ2) is 7.78. The minimum atomic E-state index is -0.963. The summed E-state index contributed by atoms with van der Waals surface area (Å²) in [4.78, 5) is 37.9. The number of carbonyl (C=O) groups is 3. The Morgan fingerprint density at radius 3 is 2.54 bits per heavy atom. The number of hydrogen-bond acceptors (Lipinski definition) is 7. The van der Waals surface area contributed by atoms with E-state index in [-0.39, 0.29) is 59.0 Å². The Hall–Kier alpha value is -1.99. The summed E-state index contributed by atoms with van der Waals surface area (Å²) in [5.41, 5.74) is -1.14. The van der Waals surface area contributed by atoms with Crippen LogP contribution in [-0.2, 0) is 28.6 Å². The van der Waals surface area contributed by atoms with Crippen LogP contribution in [0.3, 0.4) is 0 Å². The summed E-state index contributed by atoms with van der Waals surface area (Å²) in [5, 5.41) is 12.4. The zero-order chi connectivity index (χ0) is 26.7. The average molecular weight is 513 g/mol. The fourth-order valence-corrected chi connectivity index (χ4v) is 9.75. The lowest BCUT2D eigenvalue weighted by atomic mass is 9.44. The fraction of sp³-hybridized carbons (Fsp3) is 0.767. The maximum atomic E-state index is 13.6. The van der Waals surface area contributed by atoms with Crippen LogP contribution in [0.4, 0.5) is 0 Å². The highest BCUT2D eigenvalue weighted by Crippen LogP contribution is 2.74. The van der Waals surface area contributed by atoms with Crippen LogP contribution in [0.15, 0.2) is 23.3 Å². The van der Waals surface area contributed by atoms with Gasteiger partial charge in [-0.15, -0.1) is 0 Å². The van der Waals surface area contributed by atoms with Gasteiger partial charge in [0, 0.05) is 24.8 Å². The van der Waals surface area contributed by atoms with Crippen LogP contribution in [0.5, 0.6) is 0 Å². The molecule has 0 aromatic carbocycles. The zero-order valence-electron chi connectivity index (χ0n) is 22.8. The van der Waals surface area contributed by atoms with Gasteiger partial charge in [-0.25, -0.2) is 4.79 Å². The monoisotopic (exact) mass is 512 g/mol. The van der Waals surface area contributed by atoms with Gasteiger partial charge in [0.25, 0.3) is 0 Å². The summed E-state index contributed by atoms with van der Waals surface area (Å²) < 4.78 is 17.9. The molecule has 202 valence electrons. The van der Waals surface area contributed by atoms with E-state index in [9.17, 15) is 19.5 Å². The van der Waals surface area contributed by atoms with Gasteiger partial charge in [-0.05, 0) is 88.2 Å². The molecule has 4 fully saturated rings. The molecule has 11 atom stereocenters. The minimum Gasteiger partial charge on any atom is -0.458 e. The molecule has 2 aliphatic heterocycles. The molecule has 0 bridgehead atoms. The van der Waals surface area contributed by atoms with Crippen LogP contribution in [-0.4, -0.2) is 52.3 Å². The van der Waals surface area contributed by atoms with Crippen LogP contribution in [0.2, 0.25) is 0 Å². The van der Waals surface area contributed by atoms with Crippen molar-refractivity contribution in [2.24, 2.45) is 34.5 Å². The van der Waals surface area contributed by atoms with Crippen LogP contribution >= 0.6 is 0 Å². The Kier molecular flexibility index (Phi) is 5.32. The molecular formula is C30H40O7. The molecule has 3 saturated carbocycles. The maximum Gasteiger partial charge on any atom is 0.333 e. The lowest BCUT2D eigenvalue weighted by Gasteiger charge is -2.59. The number of hydrogen-bond donors (Lipinski definition) is 1. The van der Waals surface area contributed by atoms with Crippen molar-refractivity contribution in [3.05, 3.63) is 23.3 Å². The molecule has 0 radical (unpaired) electrons. The predicted molar refractivity (Wildman–Crippen MR) is 134 cm³/mol. The SMILES string of the molecule is CC(=O)OC1C=CC(=O)C2(C)C3CCC4(C)C(CCC4(O)C(C)C4CC(C)=C(C)C(=O)O4)C3CC3OC132. The molecule has 2 heterocycles. The number of esters is 2. The molecule has 1 saturated heterocycles. The molecule has 0 aromatic heterocycles. The van der Waals surface area contributed by atoms with Gasteiger partial charge >= 0.3 is 11.9 Å². The van der Waals surface area contributed by atoms with Crippen molar-refractivity contribution < 1.29 is 33.7 Å². The number of fused-ring (bicyclic) bond motifs is 4. The van der Waals surface area contributed by atoms with E-state index in [1.165, 1.54) is 6.92 Å². The Labute approximate surface area is 219 Å². The topological polar surface area (TPSA) is 102 Å². The van der Waals surface area contributed by atoms with Gasteiger partial charge in [-0.1, -0.05) is 19.4 Å². The van der Waals surface area contributed by atoms with Crippen molar-refractivity contribution in [3.8, 4) is 0 Å². The number of ether oxygens (including phenoxy) is 3. The van der Waals surface area contributed by atoms with E-state index in [1.54, 1.807) is 19.1 Å². The van der Waals surface area contributed by atoms with E-state index >= 15 is 0 Å². The number of epoxide rings is 1. The van der Waals surface area contributed by atoms with Crippen molar-refractivity contribution in [2.45, 2.75) is 110 Å². The molecule has 7 heteroatoms. The molecular weight excluding hydrogens is 472 g/mol. The van der Waals surface area contributed by atoms with E-state index in [2.05, 4.69) is 6.92 Å². The average Bonchev–Trinajstić information content (AvgIpc) is 3.50. The molecule has 6 aliphatic rings. The molecule has 1 spiro atoms. The Balaban J connectivity index is 1.31. The summed E-state index contributed by atoms with van der Waals surface area (Å²) in [6.07, 6.45) is 6.86. The van der Waals surface area contributed by atoms with Crippen molar-refractivity contribution in [1.82, 2.24) is 0 Å². The summed E-state index contributed by atoms with van der Waals surface area (Å²) in [6, 6.07) is 0. The molecule has 7 nitrogen and oxygen atoms in total. The van der Waals surface area contributed by atoms with E-state index in [0.717, 1.165) is 31.3 Å². The Morgan fingerprint density at radius 1 is 1.16 bits per heavy atom. The maximum absolute atomic E-state index is 13.6. The van der Waals surface area contributed by atoms with Crippen LogP contribution in [0.25, 0.3) is 0 Å². The second-order valence-electron chi connectivity index (χ2n) is 13.2. The van der Waals surface area contributed by atoms with Crippen molar-refractivity contribution in [3.63, 3.8) is 0 Å². The van der Waals surface area contributed by atoms with Crippen molar-refractivity contribution in [1.29, 1.82) is 0 Å². The first kappa shape index (κ1) is 25.3. The van der Waals surface area contributed by atoms with Gasteiger partial charge in [-0.3, -0.25) is 9.59 Å². The van der Waals surface area contributed by atoms with Crippen LogP contribution < -0.4 is 0 Å². The molecule has 1 N–H and O–H groups in total. The molecule has 11 unspecified atom stereocenters. The molecule has 6 rings (SSSR count). The zero-order valence-corrected chi connectivity index (χ0v) is 22.8. The minimum absolute atomic E-state index is 0.0603. The van der Waals surface area contributed by atoms with E-state index < -0.39 is 22.7 Å². The number of carbonyl (C=O) groups excluding carboxylic acids is 3. The van der Waals surface area contributed by atoms with E-state index in [1.807, 2.05) is 20.8 Å². The first-order valence-electron chi connectivity index (χ1n) is 14.0. The van der Waals surface area contributed by atoms with Crippen LogP contribution in [0, 0.1) is 34.5 Å². The summed E-state index contributed by atoms with van der Waals surface area (Å²) in [7, 11) is 0. The summed E-state index contributed by atoms with van der Waals surface area (Å²) >= 11 is 0. The molecule has 0 aromatic rings. The van der Waals surface area contributed by atoms with Gasteiger partial charge in [-0.2, -0.15) is 0 Å². The van der Waals surface area contributed by atoms with E-state index in [4.69, 9.17) is 14.2 Å².